The summed E-state index contributed by atoms with van der Waals surface area (Å²) in [7, 11) is 0. The molecule has 0 spiro atoms. The number of benzene rings is 3. The molecule has 8 heteroatoms. The zero-order chi connectivity index (χ0) is 62.9. The molecule has 89 heavy (non-hydrogen) atoms. The Morgan fingerprint density at radius 2 is 0.989 bits per heavy atom. The molecule has 5 aromatic rings. The van der Waals surface area contributed by atoms with Gasteiger partial charge < -0.3 is 21.3 Å². The van der Waals surface area contributed by atoms with Crippen molar-refractivity contribution in [1.82, 2.24) is 0 Å². The highest BCUT2D eigenvalue weighted by molar-refractivity contribution is 7.17. The van der Waals surface area contributed by atoms with E-state index in [2.05, 4.69) is 124 Å². The number of nitrogens with zero attached hydrogens (tertiary/aromatic N) is 2. The van der Waals surface area contributed by atoms with Gasteiger partial charge in [0.15, 0.2) is 0 Å². The van der Waals surface area contributed by atoms with E-state index in [9.17, 15) is 0 Å². The van der Waals surface area contributed by atoms with Gasteiger partial charge in [-0.1, -0.05) is 276 Å². The number of hydrogen-bond donors (Lipinski definition) is 2. The van der Waals surface area contributed by atoms with Gasteiger partial charge in [-0.2, -0.15) is 0 Å². The Labute approximate surface area is 549 Å². The molecule has 4 N–H and O–H groups in total. The summed E-state index contributed by atoms with van der Waals surface area (Å²) in [6.45, 7) is 14.7. The first-order valence-electron chi connectivity index (χ1n) is 37.2. The second kappa shape index (κ2) is 37.0. The molecule has 0 saturated heterocycles. The number of rotatable bonds is 36. The van der Waals surface area contributed by atoms with Crippen LogP contribution in [0, 0.1) is 11.8 Å². The predicted molar refractivity (Wildman–Crippen MR) is 389 cm³/mol. The molecule has 3 atom stereocenters. The third kappa shape index (κ3) is 21.0. The molecule has 3 aliphatic rings. The van der Waals surface area contributed by atoms with E-state index in [0.29, 0.717) is 24.9 Å². The first-order valence-corrected chi connectivity index (χ1v) is 38.8. The normalized spacial score (nSPS) is 18.2. The van der Waals surface area contributed by atoms with Crippen LogP contribution in [0.15, 0.2) is 72.8 Å². The van der Waals surface area contributed by atoms with Crippen molar-refractivity contribution in [2.45, 2.75) is 316 Å². The number of nitrogens with two attached hydrogens (primary N) is 2. The van der Waals surface area contributed by atoms with Gasteiger partial charge in [0.1, 0.15) is 0 Å². The Hall–Kier alpha value is -4.08. The molecular formula is C81H122N4O2S2. The predicted octanol–water partition coefficient (Wildman–Crippen LogP) is 22.4. The number of hydrogen-bond acceptors (Lipinski definition) is 6. The first-order chi connectivity index (χ1) is 43.3. The highest BCUT2D eigenvalue weighted by Gasteiger charge is 2.39. The number of fused-ring (bicyclic) bond motifs is 4. The molecule has 4 bridgehead atoms. The molecule has 3 unspecified atom stereocenters. The lowest BCUT2D eigenvalue weighted by atomic mass is 9.92. The Kier molecular flexibility index (Phi) is 29.4. The smallest absolute Gasteiger partial charge is 0.260 e. The van der Waals surface area contributed by atoms with Crippen molar-refractivity contribution in [3.05, 3.63) is 103 Å². The first kappa shape index (κ1) is 70.8. The number of unbranched alkanes of at least 4 members (excludes halogenated alkanes) is 25. The van der Waals surface area contributed by atoms with Crippen LogP contribution in [-0.4, -0.2) is 24.9 Å². The minimum Gasteiger partial charge on any atom is -0.322 e. The molecule has 0 radical (unpaired) electrons. The van der Waals surface area contributed by atoms with Crippen LogP contribution in [0.5, 0.6) is 0 Å². The molecule has 8 rings (SSSR count). The van der Waals surface area contributed by atoms with Gasteiger partial charge in [-0.3, -0.25) is 9.59 Å². The van der Waals surface area contributed by atoms with E-state index in [0.717, 1.165) is 102 Å². The fraction of sp³-hybridized carbons (Fsp3) is 0.654. The molecule has 6 nitrogen and oxygen atoms in total. The minimum atomic E-state index is -0.478. The quantitative estimate of drug-likeness (QED) is 0.0391. The van der Waals surface area contributed by atoms with Crippen LogP contribution < -0.4 is 31.7 Å². The Bertz CT molecular complexity index is 3070. The zero-order valence-corrected chi connectivity index (χ0v) is 58.8. The number of carbonyl (C=O) groups excluding carboxylic acids is 2. The lowest BCUT2D eigenvalue weighted by molar-refractivity contribution is -0.114. The summed E-state index contributed by atoms with van der Waals surface area (Å²) in [4.78, 5) is 40.6. The summed E-state index contributed by atoms with van der Waals surface area (Å²) in [5.74, 6) is 1.03. The SMILES string of the molecule is CCCCCCCCCCCCC1CCCCCCCCCCC(C)(N)c2ccc(s2)C2=c3cc4c(cc3N(CC(CCCCCCCCCC)CCCCCCCCCCCC)C2=O)=C(c2ccc(-c3ccc5cc(C(C)(C)N)ccc5c3)s2)C(=O)N4C1. The molecule has 2 amide bonds. The van der Waals surface area contributed by atoms with Gasteiger partial charge in [0.05, 0.1) is 22.5 Å². The average molecular weight is 1250 g/mol. The lowest BCUT2D eigenvalue weighted by Gasteiger charge is -2.27. The topological polar surface area (TPSA) is 92.7 Å². The van der Waals surface area contributed by atoms with Gasteiger partial charge >= 0.3 is 0 Å². The molecule has 2 aromatic heterocycles. The van der Waals surface area contributed by atoms with Crippen LogP contribution in [0.2, 0.25) is 0 Å². The standard InChI is InChI=1S/C81H122N4O2S2/c1-7-10-13-16-19-22-24-29-34-39-44-62-45-41-36-31-26-27-32-37-42-55-81(6,83)75-54-53-74(89-75)77-69-59-70-68(76(78(86)84(70)60-62)73-52-51-72(88-73)66-48-47-65-57-67(80(4,5)82)50-49-64(65)56-66)58-71(69)85(79(77)87)61-63(43-38-33-28-21-18-15-12-9-3)46-40-35-30-25-23-20-17-14-11-8-2/h47-54,56-59,62-63H,7-46,55,60-61,82-83H2,1-6H3. The minimum absolute atomic E-state index is 0.115. The summed E-state index contributed by atoms with van der Waals surface area (Å²) >= 11 is 3.46. The lowest BCUT2D eigenvalue weighted by Crippen LogP contribution is -2.35. The number of amides is 2. The summed E-state index contributed by atoms with van der Waals surface area (Å²) in [6, 6.07) is 26.8. The summed E-state index contributed by atoms with van der Waals surface area (Å²) < 4.78 is 0. The number of carbonyl (C=O) groups is 2. The van der Waals surface area contributed by atoms with E-state index < -0.39 is 11.1 Å². The molecular weight excluding hydrogens is 1130 g/mol. The van der Waals surface area contributed by atoms with Gasteiger partial charge in [-0.05, 0) is 135 Å². The van der Waals surface area contributed by atoms with Crippen molar-refractivity contribution in [2.24, 2.45) is 23.3 Å². The highest BCUT2D eigenvalue weighted by Crippen LogP contribution is 2.41. The third-order valence-corrected chi connectivity index (χ3v) is 23.2. The monoisotopic (exact) mass is 1250 g/mol. The van der Waals surface area contributed by atoms with Gasteiger partial charge in [-0.25, -0.2) is 0 Å². The summed E-state index contributed by atoms with van der Waals surface area (Å²) in [6.07, 6.45) is 52.3. The summed E-state index contributed by atoms with van der Waals surface area (Å²) in [5.41, 5.74) is 18.8. The highest BCUT2D eigenvalue weighted by atomic mass is 32.1. The van der Waals surface area contributed by atoms with Crippen LogP contribution in [0.3, 0.4) is 0 Å². The fourth-order valence-electron chi connectivity index (χ4n) is 14.9. The maximum Gasteiger partial charge on any atom is 0.260 e. The molecule has 3 aliphatic heterocycles. The third-order valence-electron chi connectivity index (χ3n) is 20.6. The van der Waals surface area contributed by atoms with Crippen LogP contribution in [0.4, 0.5) is 11.4 Å². The van der Waals surface area contributed by atoms with Crippen molar-refractivity contribution in [1.29, 1.82) is 0 Å². The Balaban J connectivity index is 1.18. The van der Waals surface area contributed by atoms with Gasteiger partial charge in [0, 0.05) is 54.1 Å². The van der Waals surface area contributed by atoms with Gasteiger partial charge in [-0.15, -0.1) is 22.7 Å². The van der Waals surface area contributed by atoms with E-state index in [1.807, 2.05) is 0 Å². The Morgan fingerprint density at radius 3 is 1.58 bits per heavy atom. The summed E-state index contributed by atoms with van der Waals surface area (Å²) in [5, 5.41) is 4.34. The Morgan fingerprint density at radius 1 is 0.517 bits per heavy atom. The molecule has 490 valence electrons. The van der Waals surface area contributed by atoms with Crippen molar-refractivity contribution >= 4 is 67.8 Å². The van der Waals surface area contributed by atoms with Gasteiger partial charge in [0.2, 0.25) is 0 Å². The molecule has 5 heterocycles. The molecule has 0 aliphatic carbocycles. The van der Waals surface area contributed by atoms with E-state index in [-0.39, 0.29) is 11.8 Å². The second-order valence-electron chi connectivity index (χ2n) is 29.0. The zero-order valence-electron chi connectivity index (χ0n) is 57.2. The van der Waals surface area contributed by atoms with Crippen molar-refractivity contribution in [3.8, 4) is 10.4 Å². The van der Waals surface area contributed by atoms with E-state index in [1.165, 1.54) is 236 Å². The van der Waals surface area contributed by atoms with Gasteiger partial charge in [0.25, 0.3) is 11.8 Å². The molecule has 0 fully saturated rings. The average Bonchev–Trinajstić information content (AvgIpc) is 1.60. The van der Waals surface area contributed by atoms with Crippen molar-refractivity contribution < 1.29 is 9.59 Å². The number of thiophene rings is 2. The van der Waals surface area contributed by atoms with E-state index in [1.54, 1.807) is 22.7 Å². The van der Waals surface area contributed by atoms with Crippen LogP contribution in [-0.2, 0) is 20.7 Å². The fourth-order valence-corrected chi connectivity index (χ4v) is 17.1. The number of anilines is 2. The second-order valence-corrected chi connectivity index (χ2v) is 31.2. The molecule has 0 saturated carbocycles. The largest absolute Gasteiger partial charge is 0.322 e. The van der Waals surface area contributed by atoms with Crippen molar-refractivity contribution in [3.63, 3.8) is 0 Å². The van der Waals surface area contributed by atoms with Crippen LogP contribution in [0.25, 0.3) is 32.4 Å². The van der Waals surface area contributed by atoms with E-state index in [4.69, 9.17) is 11.5 Å². The molecule has 3 aromatic carbocycles. The maximum absolute atomic E-state index is 16.0. The maximum atomic E-state index is 16.0. The van der Waals surface area contributed by atoms with Crippen molar-refractivity contribution in [2.75, 3.05) is 22.9 Å². The van der Waals surface area contributed by atoms with E-state index >= 15 is 9.59 Å². The van der Waals surface area contributed by atoms with Crippen LogP contribution >= 0.6 is 22.7 Å². The van der Waals surface area contributed by atoms with Crippen LogP contribution in [0.1, 0.15) is 325 Å².